The monoisotopic (exact) mass is 305 g/mol. The molecule has 0 fully saturated rings. The van der Waals surface area contributed by atoms with Gasteiger partial charge in [-0.15, -0.1) is 0 Å². The van der Waals surface area contributed by atoms with Gasteiger partial charge in [-0.25, -0.2) is 9.97 Å². The summed E-state index contributed by atoms with van der Waals surface area (Å²) in [5.41, 5.74) is 0.353. The van der Waals surface area contributed by atoms with Gasteiger partial charge in [-0.2, -0.15) is 5.26 Å². The SMILES string of the molecule is C=CC(Oc1cc(Oc2ccccc2)ncn1)=C(C#N)C=CC. The van der Waals surface area contributed by atoms with Crippen molar-refractivity contribution in [2.75, 3.05) is 0 Å². The minimum absolute atomic E-state index is 0.262. The van der Waals surface area contributed by atoms with E-state index in [1.54, 1.807) is 18.2 Å². The van der Waals surface area contributed by atoms with Gasteiger partial charge in [0.05, 0.1) is 11.6 Å². The zero-order chi connectivity index (χ0) is 16.5. The van der Waals surface area contributed by atoms with Crippen LogP contribution in [0.15, 0.2) is 78.9 Å². The van der Waals surface area contributed by atoms with Gasteiger partial charge in [-0.3, -0.25) is 0 Å². The van der Waals surface area contributed by atoms with Crippen molar-refractivity contribution >= 4 is 0 Å². The molecule has 2 aromatic rings. The third-order valence-electron chi connectivity index (χ3n) is 2.70. The molecule has 0 saturated heterocycles. The van der Waals surface area contributed by atoms with Gasteiger partial charge in [-0.05, 0) is 31.2 Å². The normalized spacial score (nSPS) is 11.5. The van der Waals surface area contributed by atoms with Gasteiger partial charge in [0.15, 0.2) is 0 Å². The molecule has 1 heterocycles. The predicted molar refractivity (Wildman–Crippen MR) is 86.8 cm³/mol. The maximum atomic E-state index is 9.14. The molecular weight excluding hydrogens is 290 g/mol. The topological polar surface area (TPSA) is 68.0 Å². The highest BCUT2D eigenvalue weighted by Crippen LogP contribution is 2.22. The zero-order valence-electron chi connectivity index (χ0n) is 12.6. The number of nitriles is 1. The highest BCUT2D eigenvalue weighted by molar-refractivity contribution is 5.41. The Kier molecular flexibility index (Phi) is 5.67. The van der Waals surface area contributed by atoms with Crippen LogP contribution < -0.4 is 9.47 Å². The van der Waals surface area contributed by atoms with E-state index in [9.17, 15) is 0 Å². The van der Waals surface area contributed by atoms with Gasteiger partial charge >= 0.3 is 0 Å². The summed E-state index contributed by atoms with van der Waals surface area (Å²) in [6, 6.07) is 12.9. The van der Waals surface area contributed by atoms with Gasteiger partial charge in [-0.1, -0.05) is 30.9 Å². The molecule has 0 aliphatic carbocycles. The average molecular weight is 305 g/mol. The van der Waals surface area contributed by atoms with Crippen molar-refractivity contribution in [2.24, 2.45) is 0 Å². The summed E-state index contributed by atoms with van der Waals surface area (Å²) in [5, 5.41) is 9.14. The van der Waals surface area contributed by atoms with Crippen molar-refractivity contribution in [3.05, 3.63) is 78.9 Å². The van der Waals surface area contributed by atoms with Crippen LogP contribution in [0.25, 0.3) is 0 Å². The van der Waals surface area contributed by atoms with E-state index in [-0.39, 0.29) is 5.88 Å². The fraction of sp³-hybridized carbons (Fsp3) is 0.0556. The second-order valence-corrected chi connectivity index (χ2v) is 4.31. The molecule has 0 radical (unpaired) electrons. The van der Waals surface area contributed by atoms with Gasteiger partial charge in [0, 0.05) is 0 Å². The summed E-state index contributed by atoms with van der Waals surface area (Å²) in [5.74, 6) is 1.57. The van der Waals surface area contributed by atoms with E-state index in [0.717, 1.165) is 0 Å². The maximum Gasteiger partial charge on any atom is 0.226 e. The quantitative estimate of drug-likeness (QED) is 0.455. The van der Waals surface area contributed by atoms with Gasteiger partial charge in [0.2, 0.25) is 11.8 Å². The molecule has 1 aromatic carbocycles. The molecule has 0 bridgehead atoms. The fourth-order valence-corrected chi connectivity index (χ4v) is 1.70. The lowest BCUT2D eigenvalue weighted by Crippen LogP contribution is -1.99. The van der Waals surface area contributed by atoms with Gasteiger partial charge in [0.1, 0.15) is 23.9 Å². The van der Waals surface area contributed by atoms with E-state index in [0.29, 0.717) is 23.0 Å². The van der Waals surface area contributed by atoms with E-state index in [1.807, 2.05) is 37.3 Å². The fourth-order valence-electron chi connectivity index (χ4n) is 1.70. The number of para-hydroxylation sites is 1. The van der Waals surface area contributed by atoms with Gasteiger partial charge in [0.25, 0.3) is 0 Å². The average Bonchev–Trinajstić information content (AvgIpc) is 2.59. The van der Waals surface area contributed by atoms with Crippen LogP contribution in [0.4, 0.5) is 0 Å². The van der Waals surface area contributed by atoms with Crippen molar-refractivity contribution in [2.45, 2.75) is 6.92 Å². The molecule has 0 N–H and O–H groups in total. The smallest absolute Gasteiger partial charge is 0.226 e. The molecule has 23 heavy (non-hydrogen) atoms. The Labute approximate surface area is 134 Å². The van der Waals surface area contributed by atoms with Crippen molar-refractivity contribution in [3.63, 3.8) is 0 Å². The lowest BCUT2D eigenvalue weighted by Gasteiger charge is -2.08. The molecule has 0 aliphatic rings. The number of hydrogen-bond acceptors (Lipinski definition) is 5. The molecule has 0 atom stereocenters. The molecular formula is C18H15N3O2. The van der Waals surface area contributed by atoms with E-state index in [4.69, 9.17) is 14.7 Å². The Morgan fingerprint density at radius 3 is 2.61 bits per heavy atom. The molecule has 0 unspecified atom stereocenters. The standard InChI is InChI=1S/C18H15N3O2/c1-3-8-14(12-19)16(4-2)23-18-11-17(20-13-21-18)22-15-9-6-5-7-10-15/h3-11,13H,2H2,1H3. The van der Waals surface area contributed by atoms with E-state index >= 15 is 0 Å². The number of nitrogens with zero attached hydrogens (tertiary/aromatic N) is 3. The number of ether oxygens (including phenoxy) is 2. The van der Waals surface area contributed by atoms with Crippen LogP contribution in [-0.2, 0) is 0 Å². The lowest BCUT2D eigenvalue weighted by atomic mass is 10.2. The number of allylic oxidation sites excluding steroid dienone is 4. The number of aromatic nitrogens is 2. The first-order valence-corrected chi connectivity index (χ1v) is 6.89. The Bertz CT molecular complexity index is 774. The Balaban J connectivity index is 2.23. The minimum Gasteiger partial charge on any atom is -0.439 e. The minimum atomic E-state index is 0.262. The molecule has 0 saturated carbocycles. The Morgan fingerprint density at radius 2 is 1.96 bits per heavy atom. The summed E-state index contributed by atoms with van der Waals surface area (Å²) in [7, 11) is 0. The molecule has 2 rings (SSSR count). The summed E-state index contributed by atoms with van der Waals surface area (Å²) in [6.07, 6.45) is 6.17. The largest absolute Gasteiger partial charge is 0.439 e. The van der Waals surface area contributed by atoms with Crippen molar-refractivity contribution in [1.29, 1.82) is 5.26 Å². The lowest BCUT2D eigenvalue weighted by molar-refractivity contribution is 0.409. The first kappa shape index (κ1) is 16.0. The summed E-state index contributed by atoms with van der Waals surface area (Å²) in [6.45, 7) is 5.47. The van der Waals surface area contributed by atoms with Crippen LogP contribution in [-0.4, -0.2) is 9.97 Å². The number of benzene rings is 1. The summed E-state index contributed by atoms with van der Waals surface area (Å²) < 4.78 is 11.2. The maximum absolute atomic E-state index is 9.14. The Hall–Kier alpha value is -3.39. The van der Waals surface area contributed by atoms with E-state index in [1.165, 1.54) is 12.4 Å². The second kappa shape index (κ2) is 8.15. The van der Waals surface area contributed by atoms with Crippen LogP contribution in [0.5, 0.6) is 17.5 Å². The third kappa shape index (κ3) is 4.55. The van der Waals surface area contributed by atoms with Crippen LogP contribution in [0, 0.1) is 11.3 Å². The molecule has 0 spiro atoms. The van der Waals surface area contributed by atoms with Crippen molar-refractivity contribution < 1.29 is 9.47 Å². The van der Waals surface area contributed by atoms with Gasteiger partial charge < -0.3 is 9.47 Å². The van der Waals surface area contributed by atoms with Crippen LogP contribution in [0.2, 0.25) is 0 Å². The Morgan fingerprint density at radius 1 is 1.22 bits per heavy atom. The zero-order valence-corrected chi connectivity index (χ0v) is 12.6. The first-order chi connectivity index (χ1) is 11.3. The third-order valence-corrected chi connectivity index (χ3v) is 2.70. The second-order valence-electron chi connectivity index (χ2n) is 4.31. The molecule has 5 nitrogen and oxygen atoms in total. The first-order valence-electron chi connectivity index (χ1n) is 6.89. The van der Waals surface area contributed by atoms with Crippen LogP contribution in [0.3, 0.4) is 0 Å². The van der Waals surface area contributed by atoms with Crippen LogP contribution >= 0.6 is 0 Å². The number of rotatable bonds is 6. The molecule has 1 aromatic heterocycles. The molecule has 114 valence electrons. The van der Waals surface area contributed by atoms with E-state index in [2.05, 4.69) is 22.6 Å². The van der Waals surface area contributed by atoms with Crippen molar-refractivity contribution in [1.82, 2.24) is 9.97 Å². The summed E-state index contributed by atoms with van der Waals surface area (Å²) >= 11 is 0. The van der Waals surface area contributed by atoms with Crippen LogP contribution in [0.1, 0.15) is 6.92 Å². The summed E-state index contributed by atoms with van der Waals surface area (Å²) in [4.78, 5) is 8.05. The highest BCUT2D eigenvalue weighted by Gasteiger charge is 2.07. The predicted octanol–water partition coefficient (Wildman–Crippen LogP) is 4.19. The van der Waals surface area contributed by atoms with E-state index < -0.39 is 0 Å². The molecule has 0 aliphatic heterocycles. The molecule has 0 amide bonds. The number of hydrogen-bond donors (Lipinski definition) is 0. The highest BCUT2D eigenvalue weighted by atomic mass is 16.5. The molecule has 5 heteroatoms. The van der Waals surface area contributed by atoms with Crippen molar-refractivity contribution in [3.8, 4) is 23.6 Å².